The van der Waals surface area contributed by atoms with E-state index in [2.05, 4.69) is 15.3 Å². The molecule has 0 unspecified atom stereocenters. The van der Waals surface area contributed by atoms with Crippen LogP contribution in [-0.4, -0.2) is 33.0 Å². The third-order valence-electron chi connectivity index (χ3n) is 2.64. The fourth-order valence-electron chi connectivity index (χ4n) is 1.66. The molecule has 1 aromatic heterocycles. The van der Waals surface area contributed by atoms with E-state index in [1.807, 2.05) is 6.92 Å². The summed E-state index contributed by atoms with van der Waals surface area (Å²) in [5, 5.41) is 3.99. The summed E-state index contributed by atoms with van der Waals surface area (Å²) in [4.78, 5) is 8.11. The van der Waals surface area contributed by atoms with Crippen LogP contribution in [0.3, 0.4) is 0 Å². The second-order valence-corrected chi connectivity index (χ2v) is 5.74. The maximum atomic E-state index is 12.0. The molecular formula is C10H14ClN3OS. The Hall–Kier alpha value is -0.520. The van der Waals surface area contributed by atoms with Crippen LogP contribution in [0.4, 0.5) is 0 Å². The van der Waals surface area contributed by atoms with Crippen LogP contribution in [-0.2, 0) is 10.8 Å². The average Bonchev–Trinajstić information content (AvgIpc) is 2.74. The second-order valence-electron chi connectivity index (χ2n) is 4.00. The Morgan fingerprint density at radius 3 is 3.12 bits per heavy atom. The van der Waals surface area contributed by atoms with Crippen molar-refractivity contribution in [1.29, 1.82) is 0 Å². The van der Waals surface area contributed by atoms with Gasteiger partial charge in [0.2, 0.25) is 5.16 Å². The van der Waals surface area contributed by atoms with Crippen molar-refractivity contribution in [2.45, 2.75) is 18.5 Å². The number of aromatic nitrogens is 2. The third kappa shape index (κ3) is 2.78. The molecule has 0 bridgehead atoms. The van der Waals surface area contributed by atoms with Gasteiger partial charge >= 0.3 is 0 Å². The minimum absolute atomic E-state index is 0.350. The SMILES string of the molecule is Cc1cnc([S@@](=O)C[C@@H]2CCNC2)nc1Cl. The molecule has 0 radical (unpaired) electrons. The van der Waals surface area contributed by atoms with E-state index in [0.29, 0.717) is 22.0 Å². The maximum Gasteiger partial charge on any atom is 0.219 e. The Bertz CT molecular complexity index is 407. The predicted octanol–water partition coefficient (Wildman–Crippen LogP) is 1.16. The summed E-state index contributed by atoms with van der Waals surface area (Å²) in [6, 6.07) is 0. The molecule has 0 aliphatic carbocycles. The molecule has 1 aliphatic heterocycles. The summed E-state index contributed by atoms with van der Waals surface area (Å²) < 4.78 is 12.0. The minimum atomic E-state index is -1.14. The number of nitrogens with one attached hydrogen (secondary N) is 1. The van der Waals surface area contributed by atoms with Gasteiger partial charge in [0, 0.05) is 17.5 Å². The topological polar surface area (TPSA) is 54.9 Å². The molecule has 2 atom stereocenters. The van der Waals surface area contributed by atoms with E-state index in [9.17, 15) is 4.21 Å². The smallest absolute Gasteiger partial charge is 0.219 e. The lowest BCUT2D eigenvalue weighted by atomic mass is 10.2. The van der Waals surface area contributed by atoms with Crippen molar-refractivity contribution in [2.75, 3.05) is 18.8 Å². The van der Waals surface area contributed by atoms with E-state index in [1.165, 1.54) is 0 Å². The molecule has 1 N–H and O–H groups in total. The zero-order valence-electron chi connectivity index (χ0n) is 9.07. The molecule has 2 heterocycles. The van der Waals surface area contributed by atoms with Crippen LogP contribution in [0.25, 0.3) is 0 Å². The Labute approximate surface area is 102 Å². The highest BCUT2D eigenvalue weighted by molar-refractivity contribution is 7.84. The van der Waals surface area contributed by atoms with Crippen LogP contribution in [0.1, 0.15) is 12.0 Å². The lowest BCUT2D eigenvalue weighted by molar-refractivity contribution is 0.627. The highest BCUT2D eigenvalue weighted by Crippen LogP contribution is 2.15. The number of hydrogen-bond acceptors (Lipinski definition) is 4. The van der Waals surface area contributed by atoms with Gasteiger partial charge in [-0.2, -0.15) is 0 Å². The molecule has 0 aromatic carbocycles. The standard InChI is InChI=1S/C10H14ClN3OS/c1-7-4-13-10(14-9(7)11)16(15)6-8-2-3-12-5-8/h4,8,12H,2-3,5-6H2,1H3/t8-,16+/m1/s1. The van der Waals surface area contributed by atoms with Crippen molar-refractivity contribution in [3.05, 3.63) is 16.9 Å². The molecule has 1 saturated heterocycles. The number of rotatable bonds is 3. The second kappa shape index (κ2) is 5.21. The molecule has 16 heavy (non-hydrogen) atoms. The Kier molecular flexibility index (Phi) is 3.89. The van der Waals surface area contributed by atoms with Crippen molar-refractivity contribution >= 4 is 22.4 Å². The van der Waals surface area contributed by atoms with Crippen molar-refractivity contribution in [1.82, 2.24) is 15.3 Å². The van der Waals surface area contributed by atoms with Crippen LogP contribution in [0.5, 0.6) is 0 Å². The van der Waals surface area contributed by atoms with Gasteiger partial charge in [0.05, 0.1) is 10.8 Å². The van der Waals surface area contributed by atoms with Crippen LogP contribution in [0.15, 0.2) is 11.4 Å². The summed E-state index contributed by atoms with van der Waals surface area (Å²) in [5.74, 6) is 1.08. The first-order chi connectivity index (χ1) is 7.66. The van der Waals surface area contributed by atoms with Crippen LogP contribution in [0.2, 0.25) is 5.15 Å². The molecular weight excluding hydrogens is 246 g/mol. The molecule has 1 fully saturated rings. The van der Waals surface area contributed by atoms with E-state index < -0.39 is 10.8 Å². The Balaban J connectivity index is 2.05. The first kappa shape index (κ1) is 12.0. The number of aryl methyl sites for hydroxylation is 1. The van der Waals surface area contributed by atoms with E-state index >= 15 is 0 Å². The highest BCUT2D eigenvalue weighted by atomic mass is 35.5. The van der Waals surface area contributed by atoms with Crippen LogP contribution >= 0.6 is 11.6 Å². The van der Waals surface area contributed by atoms with Gasteiger partial charge in [0.1, 0.15) is 5.15 Å². The third-order valence-corrected chi connectivity index (χ3v) is 4.40. The van der Waals surface area contributed by atoms with Crippen molar-refractivity contribution in [3.8, 4) is 0 Å². The first-order valence-electron chi connectivity index (χ1n) is 5.25. The van der Waals surface area contributed by atoms with E-state index in [1.54, 1.807) is 6.20 Å². The summed E-state index contributed by atoms with van der Waals surface area (Å²) in [5.41, 5.74) is 0.810. The predicted molar refractivity (Wildman–Crippen MR) is 64.0 cm³/mol. The fourth-order valence-corrected chi connectivity index (χ4v) is 3.07. The van der Waals surface area contributed by atoms with E-state index in [-0.39, 0.29) is 0 Å². The fraction of sp³-hybridized carbons (Fsp3) is 0.600. The molecule has 0 amide bonds. The molecule has 0 saturated carbocycles. The molecule has 6 heteroatoms. The molecule has 4 nitrogen and oxygen atoms in total. The Morgan fingerprint density at radius 1 is 1.69 bits per heavy atom. The molecule has 1 aliphatic rings. The first-order valence-corrected chi connectivity index (χ1v) is 6.94. The van der Waals surface area contributed by atoms with Gasteiger partial charge in [-0.1, -0.05) is 11.6 Å². The molecule has 2 rings (SSSR count). The summed E-state index contributed by atoms with van der Waals surface area (Å²) in [6.07, 6.45) is 2.70. The van der Waals surface area contributed by atoms with Crippen LogP contribution < -0.4 is 5.32 Å². The molecule has 88 valence electrons. The highest BCUT2D eigenvalue weighted by Gasteiger charge is 2.19. The summed E-state index contributed by atoms with van der Waals surface area (Å²) in [6.45, 7) is 3.78. The van der Waals surface area contributed by atoms with Crippen molar-refractivity contribution in [2.24, 2.45) is 5.92 Å². The van der Waals surface area contributed by atoms with Gasteiger partial charge in [-0.15, -0.1) is 0 Å². The average molecular weight is 260 g/mol. The largest absolute Gasteiger partial charge is 0.316 e. The van der Waals surface area contributed by atoms with E-state index in [0.717, 1.165) is 25.1 Å². The zero-order valence-corrected chi connectivity index (χ0v) is 10.6. The number of halogens is 1. The van der Waals surface area contributed by atoms with Gasteiger partial charge in [0.25, 0.3) is 0 Å². The zero-order chi connectivity index (χ0) is 11.5. The Morgan fingerprint density at radius 2 is 2.50 bits per heavy atom. The van der Waals surface area contributed by atoms with Gasteiger partial charge in [0.15, 0.2) is 0 Å². The van der Waals surface area contributed by atoms with Gasteiger partial charge < -0.3 is 5.32 Å². The minimum Gasteiger partial charge on any atom is -0.316 e. The normalized spacial score (nSPS) is 22.2. The van der Waals surface area contributed by atoms with Gasteiger partial charge in [-0.25, -0.2) is 9.97 Å². The lowest BCUT2D eigenvalue weighted by Gasteiger charge is -2.07. The summed E-state index contributed by atoms with van der Waals surface area (Å²) in [7, 11) is -1.14. The maximum absolute atomic E-state index is 12.0. The lowest BCUT2D eigenvalue weighted by Crippen LogP contribution is -2.16. The summed E-state index contributed by atoms with van der Waals surface area (Å²) >= 11 is 5.88. The van der Waals surface area contributed by atoms with Crippen molar-refractivity contribution < 1.29 is 4.21 Å². The molecule has 1 aromatic rings. The molecule has 0 spiro atoms. The number of nitrogens with zero attached hydrogens (tertiary/aromatic N) is 2. The monoisotopic (exact) mass is 259 g/mol. The number of hydrogen-bond donors (Lipinski definition) is 1. The van der Waals surface area contributed by atoms with Crippen LogP contribution in [0, 0.1) is 12.8 Å². The van der Waals surface area contributed by atoms with E-state index in [4.69, 9.17) is 11.6 Å². The van der Waals surface area contributed by atoms with Gasteiger partial charge in [-0.05, 0) is 32.4 Å². The van der Waals surface area contributed by atoms with Crippen molar-refractivity contribution in [3.63, 3.8) is 0 Å². The van der Waals surface area contributed by atoms with Gasteiger partial charge in [-0.3, -0.25) is 4.21 Å². The quantitative estimate of drug-likeness (QED) is 0.654.